The number of hydrogen-bond donors (Lipinski definition) is 0. The fraction of sp³-hybridized carbons (Fsp3) is 0.714. The summed E-state index contributed by atoms with van der Waals surface area (Å²) in [6.45, 7) is 16.1. The standard InChI is InChI=1S/C14H26O2/c1-11(2)9-14(8,10-12(3)4)16-15-13(5,6)7/h9-10H,1-8H3. The highest BCUT2D eigenvalue weighted by atomic mass is 17.2. The van der Waals surface area contributed by atoms with Crippen molar-refractivity contribution in [2.45, 2.75) is 66.6 Å². The topological polar surface area (TPSA) is 18.5 Å². The molecule has 0 saturated carbocycles. The largest absolute Gasteiger partial charge is 0.230 e. The second-order valence-corrected chi connectivity index (χ2v) is 5.91. The summed E-state index contributed by atoms with van der Waals surface area (Å²) in [4.78, 5) is 11.0. The van der Waals surface area contributed by atoms with Crippen LogP contribution in [-0.4, -0.2) is 11.2 Å². The van der Waals surface area contributed by atoms with E-state index in [-0.39, 0.29) is 5.60 Å². The van der Waals surface area contributed by atoms with Gasteiger partial charge in [-0.15, -0.1) is 0 Å². The molecule has 0 radical (unpaired) electrons. The second-order valence-electron chi connectivity index (χ2n) is 5.91. The van der Waals surface area contributed by atoms with E-state index in [4.69, 9.17) is 9.78 Å². The van der Waals surface area contributed by atoms with E-state index >= 15 is 0 Å². The summed E-state index contributed by atoms with van der Waals surface area (Å²) in [6.07, 6.45) is 4.12. The third-order valence-corrected chi connectivity index (χ3v) is 1.62. The minimum absolute atomic E-state index is 0.299. The summed E-state index contributed by atoms with van der Waals surface area (Å²) < 4.78 is 0. The molecule has 16 heavy (non-hydrogen) atoms. The smallest absolute Gasteiger partial charge is 0.137 e. The average molecular weight is 226 g/mol. The zero-order valence-corrected chi connectivity index (χ0v) is 12.0. The first-order valence-corrected chi connectivity index (χ1v) is 5.73. The van der Waals surface area contributed by atoms with Crippen molar-refractivity contribution in [2.24, 2.45) is 0 Å². The molecule has 0 unspecified atom stereocenters. The molecule has 0 aliphatic rings. The van der Waals surface area contributed by atoms with Crippen molar-refractivity contribution >= 4 is 0 Å². The van der Waals surface area contributed by atoms with Gasteiger partial charge >= 0.3 is 0 Å². The van der Waals surface area contributed by atoms with Crippen molar-refractivity contribution in [1.82, 2.24) is 0 Å². The Morgan fingerprint density at radius 1 is 0.750 bits per heavy atom. The molecule has 0 saturated heterocycles. The monoisotopic (exact) mass is 226 g/mol. The summed E-state index contributed by atoms with van der Waals surface area (Å²) in [5, 5.41) is 0. The van der Waals surface area contributed by atoms with Gasteiger partial charge in [-0.05, 0) is 67.5 Å². The summed E-state index contributed by atoms with van der Waals surface area (Å²) in [7, 11) is 0. The van der Waals surface area contributed by atoms with Crippen molar-refractivity contribution in [3.8, 4) is 0 Å². The molecule has 0 aliphatic carbocycles. The highest BCUT2D eigenvalue weighted by Crippen LogP contribution is 2.22. The normalized spacial score (nSPS) is 12.2. The van der Waals surface area contributed by atoms with Crippen LogP contribution in [0.1, 0.15) is 55.4 Å². The highest BCUT2D eigenvalue weighted by molar-refractivity contribution is 5.18. The number of rotatable bonds is 4. The lowest BCUT2D eigenvalue weighted by molar-refractivity contribution is -0.380. The Balaban J connectivity index is 4.83. The van der Waals surface area contributed by atoms with E-state index in [9.17, 15) is 0 Å². The number of allylic oxidation sites excluding steroid dienone is 2. The molecule has 0 amide bonds. The first-order chi connectivity index (χ1) is 7.04. The molecule has 0 aromatic rings. The van der Waals surface area contributed by atoms with Crippen molar-refractivity contribution in [2.75, 3.05) is 0 Å². The molecule has 0 bridgehead atoms. The fourth-order valence-corrected chi connectivity index (χ4v) is 1.45. The molecule has 0 heterocycles. The molecule has 2 nitrogen and oxygen atoms in total. The van der Waals surface area contributed by atoms with Crippen LogP contribution in [0.15, 0.2) is 23.3 Å². The van der Waals surface area contributed by atoms with Gasteiger partial charge in [0.2, 0.25) is 0 Å². The van der Waals surface area contributed by atoms with E-state index in [1.165, 1.54) is 11.1 Å². The summed E-state index contributed by atoms with van der Waals surface area (Å²) in [6, 6.07) is 0. The van der Waals surface area contributed by atoms with Crippen molar-refractivity contribution in [1.29, 1.82) is 0 Å². The minimum atomic E-state index is -0.495. The maximum Gasteiger partial charge on any atom is 0.137 e. The molecule has 0 fully saturated rings. The fourth-order valence-electron chi connectivity index (χ4n) is 1.45. The van der Waals surface area contributed by atoms with E-state index in [0.717, 1.165) is 0 Å². The predicted molar refractivity (Wildman–Crippen MR) is 69.2 cm³/mol. The van der Waals surface area contributed by atoms with Crippen LogP contribution in [-0.2, 0) is 9.78 Å². The first-order valence-electron chi connectivity index (χ1n) is 5.73. The Bertz CT molecular complexity index is 254. The van der Waals surface area contributed by atoms with Crippen LogP contribution in [0.4, 0.5) is 0 Å². The van der Waals surface area contributed by atoms with E-state index < -0.39 is 5.60 Å². The Morgan fingerprint density at radius 2 is 1.12 bits per heavy atom. The van der Waals surface area contributed by atoms with Gasteiger partial charge in [-0.1, -0.05) is 11.1 Å². The molecule has 2 heteroatoms. The molecular formula is C14H26O2. The Kier molecular flexibility index (Phi) is 5.43. The van der Waals surface area contributed by atoms with Crippen molar-refractivity contribution in [3.05, 3.63) is 23.3 Å². The molecular weight excluding hydrogens is 200 g/mol. The zero-order valence-electron chi connectivity index (χ0n) is 12.0. The van der Waals surface area contributed by atoms with Crippen molar-refractivity contribution in [3.63, 3.8) is 0 Å². The number of hydrogen-bond acceptors (Lipinski definition) is 2. The van der Waals surface area contributed by atoms with Crippen LogP contribution in [0.3, 0.4) is 0 Å². The molecule has 94 valence electrons. The first kappa shape index (κ1) is 15.4. The predicted octanol–water partition coefficient (Wildman–Crippen LogP) is 4.42. The third kappa shape index (κ3) is 7.66. The van der Waals surface area contributed by atoms with Gasteiger partial charge < -0.3 is 0 Å². The second kappa shape index (κ2) is 5.65. The maximum atomic E-state index is 5.56. The molecule has 0 atom stereocenters. The lowest BCUT2D eigenvalue weighted by Crippen LogP contribution is -2.30. The van der Waals surface area contributed by atoms with Gasteiger partial charge in [0.1, 0.15) is 5.60 Å². The lowest BCUT2D eigenvalue weighted by atomic mass is 10.0. The quantitative estimate of drug-likeness (QED) is 0.401. The van der Waals surface area contributed by atoms with Gasteiger partial charge in [0, 0.05) is 0 Å². The summed E-state index contributed by atoms with van der Waals surface area (Å²) in [5.74, 6) is 0. The van der Waals surface area contributed by atoms with Gasteiger partial charge in [-0.25, -0.2) is 9.78 Å². The zero-order chi connectivity index (χ0) is 13.0. The maximum absolute atomic E-state index is 5.56. The summed E-state index contributed by atoms with van der Waals surface area (Å²) >= 11 is 0. The highest BCUT2D eigenvalue weighted by Gasteiger charge is 2.24. The lowest BCUT2D eigenvalue weighted by Gasteiger charge is -2.28. The molecule has 0 spiro atoms. The van der Waals surface area contributed by atoms with Crippen LogP contribution in [0.5, 0.6) is 0 Å². The van der Waals surface area contributed by atoms with Crippen LogP contribution in [0, 0.1) is 0 Å². The van der Waals surface area contributed by atoms with E-state index in [1.54, 1.807) is 0 Å². The van der Waals surface area contributed by atoms with Gasteiger partial charge in [-0.2, -0.15) is 0 Å². The summed E-state index contributed by atoms with van der Waals surface area (Å²) in [5.41, 5.74) is 1.62. The van der Waals surface area contributed by atoms with E-state index in [0.29, 0.717) is 0 Å². The van der Waals surface area contributed by atoms with E-state index in [2.05, 4.69) is 39.8 Å². The van der Waals surface area contributed by atoms with Crippen LogP contribution in [0.2, 0.25) is 0 Å². The average Bonchev–Trinajstić information content (AvgIpc) is 1.96. The molecule has 0 rings (SSSR count). The Morgan fingerprint density at radius 3 is 1.38 bits per heavy atom. The molecule has 0 aromatic heterocycles. The molecule has 0 aliphatic heterocycles. The molecule has 0 N–H and O–H groups in total. The van der Waals surface area contributed by atoms with Crippen LogP contribution in [0.25, 0.3) is 0 Å². The Labute approximate surface area is 100 Å². The third-order valence-electron chi connectivity index (χ3n) is 1.62. The van der Waals surface area contributed by atoms with Gasteiger partial charge in [-0.3, -0.25) is 0 Å². The Hall–Kier alpha value is -0.600. The van der Waals surface area contributed by atoms with Crippen LogP contribution >= 0.6 is 0 Å². The van der Waals surface area contributed by atoms with Gasteiger partial charge in [0.25, 0.3) is 0 Å². The minimum Gasteiger partial charge on any atom is -0.230 e. The SMILES string of the molecule is CC(C)=CC(C)(C=C(C)C)OOC(C)(C)C. The van der Waals surface area contributed by atoms with Gasteiger partial charge in [0.05, 0.1) is 5.60 Å². The molecule has 0 aromatic carbocycles. The van der Waals surface area contributed by atoms with E-state index in [1.807, 2.05) is 27.7 Å². The van der Waals surface area contributed by atoms with Crippen molar-refractivity contribution < 1.29 is 9.78 Å². The van der Waals surface area contributed by atoms with Crippen LogP contribution < -0.4 is 0 Å². The van der Waals surface area contributed by atoms with Gasteiger partial charge in [0.15, 0.2) is 0 Å².